The quantitative estimate of drug-likeness (QED) is 0.114. The molecule has 3 unspecified atom stereocenters. The molecule has 0 aliphatic carbocycles. The number of carbonyl (C=O) groups is 3. The average Bonchev–Trinajstić information content (AvgIpc) is 3.09. The molecule has 4 aromatic carbocycles. The van der Waals surface area contributed by atoms with E-state index in [1.54, 1.807) is 0 Å². The number of rotatable bonds is 18. The maximum atomic E-state index is 13.8. The van der Waals surface area contributed by atoms with Gasteiger partial charge in [0.25, 0.3) is 0 Å². The fourth-order valence-electron chi connectivity index (χ4n) is 5.45. The van der Waals surface area contributed by atoms with E-state index in [0.29, 0.717) is 37.1 Å². The molecule has 4 rings (SSSR count). The topological polar surface area (TPSA) is 166 Å². The van der Waals surface area contributed by atoms with E-state index in [1.165, 1.54) is 0 Å². The van der Waals surface area contributed by atoms with Gasteiger partial charge >= 0.3 is 186 Å². The van der Waals surface area contributed by atoms with Crippen molar-refractivity contribution in [2.75, 3.05) is 0 Å². The summed E-state index contributed by atoms with van der Waals surface area (Å²) in [5.74, 6) is -0.295. The summed E-state index contributed by atoms with van der Waals surface area (Å²) < 4.78 is 11.9. The van der Waals surface area contributed by atoms with Gasteiger partial charge in [0.1, 0.15) is 19.0 Å². The van der Waals surface area contributed by atoms with E-state index in [4.69, 9.17) is 17.3 Å². The molecule has 274 valence electrons. The average molecular weight is 708 g/mol. The molecule has 0 heterocycles. The second-order valence-electron chi connectivity index (χ2n) is 13.3. The van der Waals surface area contributed by atoms with Gasteiger partial charge in [-0.2, -0.15) is 0 Å². The zero-order valence-electron chi connectivity index (χ0n) is 30.3. The number of hydrogen-bond acceptors (Lipinski definition) is 7. The fourth-order valence-corrected chi connectivity index (χ4v) is 5.45. The number of carbonyl (C=O) groups excluding carboxylic acids is 3. The van der Waals surface area contributed by atoms with Gasteiger partial charge in [-0.25, -0.2) is 0 Å². The van der Waals surface area contributed by atoms with Crippen molar-refractivity contribution in [2.45, 2.75) is 78.2 Å². The third-order valence-electron chi connectivity index (χ3n) is 8.07. The van der Waals surface area contributed by atoms with Crippen molar-refractivity contribution < 1.29 is 34.8 Å². The fraction of sp³-hybridized carbons (Fsp3) is 0.341. The second-order valence-corrected chi connectivity index (χ2v) is 13.3. The van der Waals surface area contributed by atoms with Crippen LogP contribution in [0.25, 0.3) is 0 Å². The molecule has 0 aromatic heterocycles. The van der Waals surface area contributed by atoms with Crippen LogP contribution in [-0.4, -0.2) is 54.5 Å². The maximum absolute atomic E-state index is 13.8. The molecule has 0 saturated carbocycles. The second kappa shape index (κ2) is 21.9. The van der Waals surface area contributed by atoms with Gasteiger partial charge in [0.15, 0.2) is 0 Å². The molecule has 5 N–H and O–H groups in total. The van der Waals surface area contributed by atoms with E-state index < -0.39 is 23.9 Å². The predicted octanol–water partition coefficient (Wildman–Crippen LogP) is 5.56. The third-order valence-corrected chi connectivity index (χ3v) is 8.07. The van der Waals surface area contributed by atoms with Crippen molar-refractivity contribution in [2.24, 2.45) is 11.8 Å². The van der Waals surface area contributed by atoms with E-state index in [9.17, 15) is 14.4 Å². The van der Waals surface area contributed by atoms with Crippen molar-refractivity contribution in [1.29, 1.82) is 0 Å². The summed E-state index contributed by atoms with van der Waals surface area (Å²) in [5, 5.41) is 8.64. The number of benzene rings is 4. The number of amides is 3. The smallest absolute Gasteiger partial charge is 0.870 e. The Balaban J connectivity index is 0.00000468. The molecule has 0 fully saturated rings. The Labute approximate surface area is 308 Å². The van der Waals surface area contributed by atoms with Crippen LogP contribution in [0.2, 0.25) is 0 Å². The van der Waals surface area contributed by atoms with Crippen LogP contribution in [0.1, 0.15) is 56.4 Å². The summed E-state index contributed by atoms with van der Waals surface area (Å²) in [4.78, 5) is 40.5. The molecular formula is C41H50BN3O7. The molecule has 11 heteroatoms. The molecule has 0 aliphatic heterocycles. The zero-order valence-corrected chi connectivity index (χ0v) is 30.3. The SMILES string of the molecule is [B+2]C(CC(C)C)NC(=O)C(NC(=O)C(Cc1ccc(OCc2ccccc2)cc1)NC(=O)Cc1cccc(OCc2ccccc2)c1)C(C)C.[OH-].[OH-]. The first-order valence-electron chi connectivity index (χ1n) is 17.2. The van der Waals surface area contributed by atoms with Crippen LogP contribution < -0.4 is 25.4 Å². The Hall–Kier alpha value is -5.13. The Bertz CT molecular complexity index is 1650. The van der Waals surface area contributed by atoms with Crippen LogP contribution in [-0.2, 0) is 40.4 Å². The predicted molar refractivity (Wildman–Crippen MR) is 202 cm³/mol. The van der Waals surface area contributed by atoms with Crippen molar-refractivity contribution in [1.82, 2.24) is 16.0 Å². The first-order valence-corrected chi connectivity index (χ1v) is 17.2. The van der Waals surface area contributed by atoms with Gasteiger partial charge in [-0.05, 0) is 17.2 Å². The van der Waals surface area contributed by atoms with Gasteiger partial charge in [0, 0.05) is 0 Å². The van der Waals surface area contributed by atoms with E-state index >= 15 is 0 Å². The minimum Gasteiger partial charge on any atom is -0.870 e. The van der Waals surface area contributed by atoms with Crippen molar-refractivity contribution >= 4 is 25.6 Å². The van der Waals surface area contributed by atoms with Gasteiger partial charge in [-0.3, -0.25) is 0 Å². The molecule has 0 saturated heterocycles. The molecule has 3 amide bonds. The summed E-state index contributed by atoms with van der Waals surface area (Å²) in [6.45, 7) is 8.59. The minimum atomic E-state index is -0.950. The van der Waals surface area contributed by atoms with Gasteiger partial charge in [0.05, 0.1) is 0 Å². The summed E-state index contributed by atoms with van der Waals surface area (Å²) >= 11 is 0. The molecule has 52 heavy (non-hydrogen) atoms. The molecule has 4 aromatic rings. The minimum absolute atomic E-state index is 0. The third kappa shape index (κ3) is 14.6. The summed E-state index contributed by atoms with van der Waals surface area (Å²) in [6, 6.07) is 32.7. The van der Waals surface area contributed by atoms with Crippen LogP contribution in [0, 0.1) is 11.8 Å². The van der Waals surface area contributed by atoms with Gasteiger partial charge in [0.2, 0.25) is 0 Å². The number of ether oxygens (including phenoxy) is 2. The van der Waals surface area contributed by atoms with Crippen molar-refractivity contribution in [3.8, 4) is 11.5 Å². The molecule has 3 atom stereocenters. The number of hydrogen-bond donors (Lipinski definition) is 3. The monoisotopic (exact) mass is 707 g/mol. The zero-order chi connectivity index (χ0) is 35.9. The van der Waals surface area contributed by atoms with Gasteiger partial charge < -0.3 is 20.4 Å². The molecule has 0 bridgehead atoms. The Kier molecular flexibility index (Phi) is 18.2. The summed E-state index contributed by atoms with van der Waals surface area (Å²) in [6.07, 6.45) is 0.847. The summed E-state index contributed by atoms with van der Waals surface area (Å²) in [5.41, 5.74) is 3.65. The first kappa shape index (κ1) is 43.0. The molecule has 0 spiro atoms. The number of nitrogens with one attached hydrogen (secondary N) is 3. The molecule has 0 radical (unpaired) electrons. The maximum Gasteiger partial charge on any atom is -0.870 e. The summed E-state index contributed by atoms with van der Waals surface area (Å²) in [7, 11) is 6.15. The Morgan fingerprint density at radius 3 is 1.73 bits per heavy atom. The molecule has 0 aliphatic rings. The van der Waals surface area contributed by atoms with E-state index in [0.717, 1.165) is 22.3 Å². The standard InChI is InChI=1S/C41H48BN3O5.2H2O/c1-28(2)22-37(42)44-41(48)39(29(3)4)45-40(47)36(24-30-18-20-34(21-19-30)49-26-31-12-7-5-8-13-31)43-38(46)25-33-16-11-17-35(23-33)50-27-32-14-9-6-10-15-32;;/h5-21,23,28-29,36-37,39H,22,24-27H2,1-4H3,(H,43,46)(H,44,48)(H,45,47);2*1H2/q+2;;/p-2. The van der Waals surface area contributed by atoms with Gasteiger partial charge in [-0.15, -0.1) is 0 Å². The van der Waals surface area contributed by atoms with Crippen molar-refractivity contribution in [3.63, 3.8) is 0 Å². The normalized spacial score (nSPS) is 12.4. The van der Waals surface area contributed by atoms with E-state index in [-0.39, 0.29) is 41.5 Å². The van der Waals surface area contributed by atoms with Crippen LogP contribution >= 0.6 is 0 Å². The van der Waals surface area contributed by atoms with Crippen molar-refractivity contribution in [3.05, 3.63) is 131 Å². The van der Waals surface area contributed by atoms with Gasteiger partial charge in [-0.1, -0.05) is 66.7 Å². The Morgan fingerprint density at radius 1 is 0.615 bits per heavy atom. The van der Waals surface area contributed by atoms with Crippen LogP contribution in [0.3, 0.4) is 0 Å². The van der Waals surface area contributed by atoms with Crippen LogP contribution in [0.5, 0.6) is 11.5 Å². The largest absolute Gasteiger partial charge is 0.870 e. The van der Waals surface area contributed by atoms with Crippen LogP contribution in [0.15, 0.2) is 109 Å². The Morgan fingerprint density at radius 2 is 1.17 bits per heavy atom. The molecular weight excluding hydrogens is 657 g/mol. The molecule has 10 nitrogen and oxygen atoms in total. The van der Waals surface area contributed by atoms with E-state index in [2.05, 4.69) is 16.0 Å². The first-order chi connectivity index (χ1) is 24.0. The van der Waals surface area contributed by atoms with E-state index in [1.807, 2.05) is 137 Å². The van der Waals surface area contributed by atoms with Crippen LogP contribution in [0.4, 0.5) is 0 Å².